The first-order valence-electron chi connectivity index (χ1n) is 6.89. The average molecular weight is 296 g/mol. The van der Waals surface area contributed by atoms with Gasteiger partial charge >= 0.3 is 6.03 Å². The first-order chi connectivity index (χ1) is 9.63. The number of thioether (sulfide) groups is 1. The van der Waals surface area contributed by atoms with Crippen molar-refractivity contribution in [3.05, 3.63) is 24.3 Å². The van der Waals surface area contributed by atoms with E-state index in [4.69, 9.17) is 4.74 Å². The molecule has 1 aromatic rings. The number of para-hydroxylation sites is 1. The van der Waals surface area contributed by atoms with E-state index in [0.717, 1.165) is 23.6 Å². The van der Waals surface area contributed by atoms with Gasteiger partial charge < -0.3 is 15.4 Å². The van der Waals surface area contributed by atoms with E-state index in [1.54, 1.807) is 11.8 Å². The Morgan fingerprint density at radius 1 is 1.35 bits per heavy atom. The average Bonchev–Trinajstić information content (AvgIpc) is 2.43. The highest BCUT2D eigenvalue weighted by Crippen LogP contribution is 2.24. The third-order valence-electron chi connectivity index (χ3n) is 2.56. The van der Waals surface area contributed by atoms with Gasteiger partial charge in [0.25, 0.3) is 0 Å². The Hall–Kier alpha value is -1.20. The van der Waals surface area contributed by atoms with Crippen LogP contribution in [0, 0.1) is 5.92 Å². The normalized spacial score (nSPS) is 10.6. The number of benzene rings is 1. The Kier molecular flexibility index (Phi) is 8.14. The highest BCUT2D eigenvalue weighted by Gasteiger charge is 2.04. The molecule has 0 aliphatic rings. The molecule has 0 heterocycles. The first-order valence-corrected chi connectivity index (χ1v) is 8.11. The van der Waals surface area contributed by atoms with E-state index in [2.05, 4.69) is 24.5 Å². The molecule has 0 spiro atoms. The number of rotatable bonds is 8. The van der Waals surface area contributed by atoms with Crippen LogP contribution < -0.4 is 10.6 Å². The Labute approximate surface area is 125 Å². The van der Waals surface area contributed by atoms with Crippen molar-refractivity contribution in [2.24, 2.45) is 5.92 Å². The highest BCUT2D eigenvalue weighted by molar-refractivity contribution is 7.98. The van der Waals surface area contributed by atoms with Crippen LogP contribution in [0.4, 0.5) is 10.5 Å². The zero-order valence-corrected chi connectivity index (χ0v) is 13.3. The predicted molar refractivity (Wildman–Crippen MR) is 85.5 cm³/mol. The van der Waals surface area contributed by atoms with E-state index >= 15 is 0 Å². The fraction of sp³-hybridized carbons (Fsp3) is 0.533. The molecule has 0 atom stereocenters. The monoisotopic (exact) mass is 296 g/mol. The van der Waals surface area contributed by atoms with Crippen LogP contribution in [-0.2, 0) is 4.74 Å². The maximum absolute atomic E-state index is 11.7. The predicted octanol–water partition coefficient (Wildman–Crippen LogP) is 3.59. The van der Waals surface area contributed by atoms with Crippen molar-refractivity contribution >= 4 is 23.5 Å². The Morgan fingerprint density at radius 3 is 2.80 bits per heavy atom. The lowest BCUT2D eigenvalue weighted by atomic mass is 10.2. The summed E-state index contributed by atoms with van der Waals surface area (Å²) in [6, 6.07) is 7.59. The lowest BCUT2D eigenvalue weighted by Gasteiger charge is -2.11. The van der Waals surface area contributed by atoms with Crippen molar-refractivity contribution in [2.75, 3.05) is 31.3 Å². The van der Waals surface area contributed by atoms with Crippen molar-refractivity contribution in [3.63, 3.8) is 0 Å². The molecule has 0 saturated carbocycles. The zero-order chi connectivity index (χ0) is 14.8. The third kappa shape index (κ3) is 6.82. The quantitative estimate of drug-likeness (QED) is 0.569. The Morgan fingerprint density at radius 2 is 2.10 bits per heavy atom. The summed E-state index contributed by atoms with van der Waals surface area (Å²) >= 11 is 1.61. The van der Waals surface area contributed by atoms with Gasteiger partial charge in [-0.25, -0.2) is 4.79 Å². The minimum absolute atomic E-state index is 0.171. The summed E-state index contributed by atoms with van der Waals surface area (Å²) in [6.07, 6.45) is 2.81. The summed E-state index contributed by atoms with van der Waals surface area (Å²) < 4.78 is 5.46. The number of urea groups is 1. The van der Waals surface area contributed by atoms with Gasteiger partial charge in [-0.1, -0.05) is 26.0 Å². The standard InChI is InChI=1S/C15H24N2O2S/c1-12(2)11-19-10-6-9-16-15(18)17-13-7-4-5-8-14(13)20-3/h4-5,7-8,12H,6,9-11H2,1-3H3,(H2,16,17,18). The van der Waals surface area contributed by atoms with Crippen molar-refractivity contribution < 1.29 is 9.53 Å². The number of carbonyl (C=O) groups excluding carboxylic acids is 1. The number of ether oxygens (including phenoxy) is 1. The lowest BCUT2D eigenvalue weighted by molar-refractivity contribution is 0.108. The molecule has 5 heteroatoms. The van der Waals surface area contributed by atoms with E-state index in [0.29, 0.717) is 19.1 Å². The SMILES string of the molecule is CSc1ccccc1NC(=O)NCCCOCC(C)C. The van der Waals surface area contributed by atoms with Crippen LogP contribution in [0.2, 0.25) is 0 Å². The molecule has 20 heavy (non-hydrogen) atoms. The summed E-state index contributed by atoms with van der Waals surface area (Å²) in [7, 11) is 0. The molecular formula is C15H24N2O2S. The molecule has 0 aliphatic carbocycles. The molecular weight excluding hydrogens is 272 g/mol. The van der Waals surface area contributed by atoms with Gasteiger partial charge in [-0.15, -0.1) is 11.8 Å². The van der Waals surface area contributed by atoms with E-state index in [1.807, 2.05) is 30.5 Å². The Bertz CT molecular complexity index is 411. The number of hydrogen-bond donors (Lipinski definition) is 2. The van der Waals surface area contributed by atoms with Crippen LogP contribution in [0.5, 0.6) is 0 Å². The molecule has 112 valence electrons. The fourth-order valence-electron chi connectivity index (χ4n) is 1.61. The lowest BCUT2D eigenvalue weighted by Crippen LogP contribution is -2.30. The van der Waals surface area contributed by atoms with Gasteiger partial charge in [0.2, 0.25) is 0 Å². The molecule has 0 bridgehead atoms. The maximum Gasteiger partial charge on any atom is 0.319 e. The molecule has 0 aromatic heterocycles. The van der Waals surface area contributed by atoms with Crippen LogP contribution in [0.15, 0.2) is 29.2 Å². The second-order valence-corrected chi connectivity index (χ2v) is 5.75. The van der Waals surface area contributed by atoms with Gasteiger partial charge in [0.15, 0.2) is 0 Å². The van der Waals surface area contributed by atoms with Crippen LogP contribution in [-0.4, -0.2) is 32.0 Å². The van der Waals surface area contributed by atoms with Crippen molar-refractivity contribution in [1.29, 1.82) is 0 Å². The van der Waals surface area contributed by atoms with Crippen molar-refractivity contribution in [3.8, 4) is 0 Å². The summed E-state index contributed by atoms with van der Waals surface area (Å²) in [5, 5.41) is 5.69. The van der Waals surface area contributed by atoms with E-state index in [-0.39, 0.29) is 6.03 Å². The fourth-order valence-corrected chi connectivity index (χ4v) is 2.16. The molecule has 4 nitrogen and oxygen atoms in total. The topological polar surface area (TPSA) is 50.4 Å². The van der Waals surface area contributed by atoms with Gasteiger partial charge in [0.05, 0.1) is 5.69 Å². The smallest absolute Gasteiger partial charge is 0.319 e. The molecule has 0 radical (unpaired) electrons. The van der Waals surface area contributed by atoms with E-state index < -0.39 is 0 Å². The molecule has 1 aromatic carbocycles. The Balaban J connectivity index is 2.20. The number of hydrogen-bond acceptors (Lipinski definition) is 3. The molecule has 2 N–H and O–H groups in total. The number of nitrogens with one attached hydrogen (secondary N) is 2. The van der Waals surface area contributed by atoms with Crippen LogP contribution in [0.3, 0.4) is 0 Å². The van der Waals surface area contributed by atoms with Crippen LogP contribution in [0.25, 0.3) is 0 Å². The number of anilines is 1. The largest absolute Gasteiger partial charge is 0.381 e. The van der Waals surface area contributed by atoms with Crippen molar-refractivity contribution in [2.45, 2.75) is 25.2 Å². The third-order valence-corrected chi connectivity index (χ3v) is 3.35. The van der Waals surface area contributed by atoms with Gasteiger partial charge in [0.1, 0.15) is 0 Å². The van der Waals surface area contributed by atoms with Gasteiger partial charge in [-0.05, 0) is 30.7 Å². The molecule has 0 saturated heterocycles. The summed E-state index contributed by atoms with van der Waals surface area (Å²) in [5.41, 5.74) is 0.841. The summed E-state index contributed by atoms with van der Waals surface area (Å²) in [6.45, 7) is 6.31. The number of amides is 2. The van der Waals surface area contributed by atoms with Crippen molar-refractivity contribution in [1.82, 2.24) is 5.32 Å². The molecule has 0 unspecified atom stereocenters. The van der Waals surface area contributed by atoms with E-state index in [1.165, 1.54) is 0 Å². The summed E-state index contributed by atoms with van der Waals surface area (Å²) in [4.78, 5) is 12.8. The molecule has 0 aliphatic heterocycles. The minimum Gasteiger partial charge on any atom is -0.381 e. The zero-order valence-electron chi connectivity index (χ0n) is 12.4. The second kappa shape index (κ2) is 9.66. The first kappa shape index (κ1) is 16.9. The minimum atomic E-state index is -0.171. The molecule has 1 rings (SSSR count). The maximum atomic E-state index is 11.7. The van der Waals surface area contributed by atoms with Gasteiger partial charge in [0, 0.05) is 24.7 Å². The molecule has 2 amide bonds. The number of carbonyl (C=O) groups is 1. The highest BCUT2D eigenvalue weighted by atomic mass is 32.2. The molecule has 0 fully saturated rings. The second-order valence-electron chi connectivity index (χ2n) is 4.90. The van der Waals surface area contributed by atoms with E-state index in [9.17, 15) is 4.79 Å². The van der Waals surface area contributed by atoms with Crippen LogP contribution in [0.1, 0.15) is 20.3 Å². The van der Waals surface area contributed by atoms with Gasteiger partial charge in [-0.2, -0.15) is 0 Å². The van der Waals surface area contributed by atoms with Crippen LogP contribution >= 0.6 is 11.8 Å². The van der Waals surface area contributed by atoms with Gasteiger partial charge in [-0.3, -0.25) is 0 Å². The summed E-state index contributed by atoms with van der Waals surface area (Å²) in [5.74, 6) is 0.550.